The molecule has 1 heterocycles. The van der Waals surface area contributed by atoms with Crippen LogP contribution < -0.4 is 15.2 Å². The molecule has 30 heavy (non-hydrogen) atoms. The second kappa shape index (κ2) is 10.6. The van der Waals surface area contributed by atoms with Gasteiger partial charge in [0.25, 0.3) is 0 Å². The van der Waals surface area contributed by atoms with Crippen LogP contribution in [0.3, 0.4) is 0 Å². The number of aldehydes is 1. The van der Waals surface area contributed by atoms with E-state index in [-0.39, 0.29) is 0 Å². The van der Waals surface area contributed by atoms with Crippen LogP contribution in [0.2, 0.25) is 0 Å². The first-order valence-corrected chi connectivity index (χ1v) is 9.61. The standard InChI is InChI=1S/C25H23NO4/c27-16-20-5-9-25(10-6-20)30-13-1-2-22-15-26-12-11-21(22)7-3-19-4-8-23(17-28)24(14-19)18-29/h3-12,14-18,28-29H,1-2,13H2. The zero-order valence-electron chi connectivity index (χ0n) is 16.4. The third kappa shape index (κ3) is 5.58. The van der Waals surface area contributed by atoms with Crippen molar-refractivity contribution in [3.8, 4) is 5.75 Å². The largest absolute Gasteiger partial charge is 0.515 e. The highest BCUT2D eigenvalue weighted by Gasteiger charge is 2.01. The van der Waals surface area contributed by atoms with Crippen LogP contribution in [0.5, 0.6) is 5.75 Å². The predicted octanol–water partition coefficient (Wildman–Crippen LogP) is 3.67. The van der Waals surface area contributed by atoms with Crippen molar-refractivity contribution in [2.24, 2.45) is 0 Å². The van der Waals surface area contributed by atoms with E-state index in [2.05, 4.69) is 4.98 Å². The molecule has 0 amide bonds. The van der Waals surface area contributed by atoms with Crippen molar-refractivity contribution < 1.29 is 19.7 Å². The Morgan fingerprint density at radius 3 is 2.40 bits per heavy atom. The molecule has 0 aliphatic carbocycles. The average Bonchev–Trinajstić information content (AvgIpc) is 2.81. The first-order valence-electron chi connectivity index (χ1n) is 9.61. The first kappa shape index (κ1) is 20.9. The highest BCUT2D eigenvalue weighted by atomic mass is 16.5. The number of hydrogen-bond donors (Lipinski definition) is 2. The minimum atomic E-state index is 0.549. The molecule has 152 valence electrons. The molecule has 5 nitrogen and oxygen atoms in total. The Morgan fingerprint density at radius 2 is 1.67 bits per heavy atom. The number of nitrogens with zero attached hydrogens (tertiary/aromatic N) is 1. The minimum Gasteiger partial charge on any atom is -0.515 e. The van der Waals surface area contributed by atoms with Gasteiger partial charge in [0.1, 0.15) is 12.0 Å². The second-order valence-corrected chi connectivity index (χ2v) is 6.69. The maximum Gasteiger partial charge on any atom is 0.150 e. The van der Waals surface area contributed by atoms with Gasteiger partial charge in [0.05, 0.1) is 19.1 Å². The minimum absolute atomic E-state index is 0.549. The number of ether oxygens (including phenoxy) is 1. The summed E-state index contributed by atoms with van der Waals surface area (Å²) in [5, 5.41) is 19.6. The van der Waals surface area contributed by atoms with Gasteiger partial charge in [-0.05, 0) is 65.9 Å². The molecule has 0 fully saturated rings. The number of carbonyl (C=O) groups is 1. The van der Waals surface area contributed by atoms with E-state index in [0.717, 1.165) is 54.1 Å². The highest BCUT2D eigenvalue weighted by molar-refractivity contribution is 5.74. The number of aryl methyl sites for hydroxylation is 1. The quantitative estimate of drug-likeness (QED) is 0.445. The van der Waals surface area contributed by atoms with Crippen LogP contribution in [0.25, 0.3) is 24.7 Å². The molecule has 5 heteroatoms. The van der Waals surface area contributed by atoms with Gasteiger partial charge in [-0.3, -0.25) is 9.78 Å². The molecule has 0 atom stereocenters. The number of pyridine rings is 1. The Labute approximate surface area is 174 Å². The van der Waals surface area contributed by atoms with Crippen molar-refractivity contribution in [3.63, 3.8) is 0 Å². The summed E-state index contributed by atoms with van der Waals surface area (Å²) < 4.78 is 5.74. The average molecular weight is 401 g/mol. The maximum atomic E-state index is 10.7. The molecule has 2 aromatic carbocycles. The van der Waals surface area contributed by atoms with Crippen LogP contribution in [-0.2, 0) is 6.42 Å². The van der Waals surface area contributed by atoms with E-state index in [4.69, 9.17) is 4.74 Å². The van der Waals surface area contributed by atoms with Gasteiger partial charge < -0.3 is 14.9 Å². The van der Waals surface area contributed by atoms with E-state index in [0.29, 0.717) is 22.6 Å². The lowest BCUT2D eigenvalue weighted by atomic mass is 10.0. The van der Waals surface area contributed by atoms with Crippen molar-refractivity contribution in [2.75, 3.05) is 6.61 Å². The summed E-state index contributed by atoms with van der Waals surface area (Å²) in [5.41, 5.74) is 3.71. The Bertz CT molecular complexity index is 1130. The Kier molecular flexibility index (Phi) is 7.39. The van der Waals surface area contributed by atoms with Gasteiger partial charge in [0, 0.05) is 28.4 Å². The zero-order chi connectivity index (χ0) is 21.2. The summed E-state index contributed by atoms with van der Waals surface area (Å²) in [7, 11) is 0. The summed E-state index contributed by atoms with van der Waals surface area (Å²) in [6.07, 6.45) is 12.0. The van der Waals surface area contributed by atoms with Gasteiger partial charge in [-0.2, -0.15) is 0 Å². The number of aliphatic hydroxyl groups is 2. The topological polar surface area (TPSA) is 79.7 Å². The number of benzene rings is 2. The summed E-state index contributed by atoms with van der Waals surface area (Å²) in [5.74, 6) is 0.743. The number of aromatic nitrogens is 1. The Morgan fingerprint density at radius 1 is 0.900 bits per heavy atom. The summed E-state index contributed by atoms with van der Waals surface area (Å²) in [4.78, 5) is 14.9. The molecule has 1 aromatic heterocycles. The van der Waals surface area contributed by atoms with Crippen LogP contribution >= 0.6 is 0 Å². The van der Waals surface area contributed by atoms with Gasteiger partial charge in [-0.25, -0.2) is 0 Å². The molecule has 3 rings (SSSR count). The van der Waals surface area contributed by atoms with Crippen molar-refractivity contribution in [1.29, 1.82) is 0 Å². The molecule has 0 aliphatic heterocycles. The lowest BCUT2D eigenvalue weighted by molar-refractivity contribution is 0.112. The van der Waals surface area contributed by atoms with Crippen LogP contribution in [0, 0.1) is 0 Å². The van der Waals surface area contributed by atoms with Crippen LogP contribution in [0.4, 0.5) is 0 Å². The van der Waals surface area contributed by atoms with Gasteiger partial charge >= 0.3 is 0 Å². The number of rotatable bonds is 8. The molecule has 3 aromatic rings. The van der Waals surface area contributed by atoms with Crippen molar-refractivity contribution in [2.45, 2.75) is 12.8 Å². The Hall–Kier alpha value is -3.86. The fraction of sp³-hybridized carbons (Fsp3) is 0.120. The third-order valence-corrected chi connectivity index (χ3v) is 4.66. The van der Waals surface area contributed by atoms with E-state index in [1.54, 1.807) is 42.6 Å². The molecule has 0 unspecified atom stereocenters. The normalized spacial score (nSPS) is 12.4. The van der Waals surface area contributed by atoms with Crippen molar-refractivity contribution in [1.82, 2.24) is 4.98 Å². The lowest BCUT2D eigenvalue weighted by Crippen LogP contribution is -2.24. The van der Waals surface area contributed by atoms with Crippen LogP contribution in [-0.4, -0.2) is 28.1 Å². The summed E-state index contributed by atoms with van der Waals surface area (Å²) in [6.45, 7) is 0.563. The zero-order valence-corrected chi connectivity index (χ0v) is 16.4. The van der Waals surface area contributed by atoms with Crippen LogP contribution in [0.1, 0.15) is 33.5 Å². The highest BCUT2D eigenvalue weighted by Crippen LogP contribution is 2.15. The van der Waals surface area contributed by atoms with Gasteiger partial charge in [0.2, 0.25) is 0 Å². The van der Waals surface area contributed by atoms with Crippen molar-refractivity contribution >= 4 is 31.0 Å². The van der Waals surface area contributed by atoms with Crippen molar-refractivity contribution in [3.05, 3.63) is 93.6 Å². The fourth-order valence-electron chi connectivity index (χ4n) is 3.02. The fourth-order valence-corrected chi connectivity index (χ4v) is 3.02. The van der Waals surface area contributed by atoms with Crippen LogP contribution in [0.15, 0.2) is 60.9 Å². The monoisotopic (exact) mass is 401 g/mol. The molecule has 0 saturated heterocycles. The van der Waals surface area contributed by atoms with E-state index in [1.165, 1.54) is 0 Å². The van der Waals surface area contributed by atoms with E-state index < -0.39 is 0 Å². The van der Waals surface area contributed by atoms with E-state index >= 15 is 0 Å². The number of carbonyl (C=O) groups excluding carboxylic acids is 1. The molecule has 2 N–H and O–H groups in total. The second-order valence-electron chi connectivity index (χ2n) is 6.69. The number of aliphatic hydroxyl groups excluding tert-OH is 2. The van der Waals surface area contributed by atoms with Gasteiger partial charge in [-0.15, -0.1) is 0 Å². The van der Waals surface area contributed by atoms with E-state index in [9.17, 15) is 15.0 Å². The summed E-state index contributed by atoms with van der Waals surface area (Å²) in [6, 6.07) is 14.4. The molecule has 0 bridgehead atoms. The number of hydrogen-bond acceptors (Lipinski definition) is 5. The molecule has 0 aliphatic rings. The lowest BCUT2D eigenvalue weighted by Gasteiger charge is -2.08. The third-order valence-electron chi connectivity index (χ3n) is 4.66. The molecule has 0 spiro atoms. The molecule has 0 saturated carbocycles. The van der Waals surface area contributed by atoms with Gasteiger partial charge in [-0.1, -0.05) is 24.3 Å². The molecular formula is C25H23NO4. The summed E-state index contributed by atoms with van der Waals surface area (Å²) >= 11 is 0. The smallest absolute Gasteiger partial charge is 0.150 e. The Balaban J connectivity index is 1.63. The molecular weight excluding hydrogens is 378 g/mol. The first-order chi connectivity index (χ1) is 14.7. The van der Waals surface area contributed by atoms with E-state index in [1.807, 2.05) is 30.5 Å². The van der Waals surface area contributed by atoms with Gasteiger partial charge in [0.15, 0.2) is 0 Å². The predicted molar refractivity (Wildman–Crippen MR) is 119 cm³/mol. The molecule has 0 radical (unpaired) electrons. The maximum absolute atomic E-state index is 10.7. The SMILES string of the molecule is O=Cc1ccc(OCCCc2cnccc2C=Cc2ccc(=CO)c(=CO)c2)cc1.